The van der Waals surface area contributed by atoms with E-state index in [0.29, 0.717) is 0 Å². The zero-order valence-electron chi connectivity index (χ0n) is 12.5. The second-order valence-electron chi connectivity index (χ2n) is 5.71. The van der Waals surface area contributed by atoms with Gasteiger partial charge >= 0.3 is 0 Å². The normalized spacial score (nSPS) is 24.8. The average molecular weight is 272 g/mol. The minimum atomic E-state index is -0.259. The highest BCUT2D eigenvalue weighted by Crippen LogP contribution is 2.51. The molecule has 0 spiro atoms. The molecule has 1 aliphatic rings. The first kappa shape index (κ1) is 14.8. The van der Waals surface area contributed by atoms with Gasteiger partial charge in [-0.05, 0) is 37.3 Å². The fourth-order valence-electron chi connectivity index (χ4n) is 3.69. The molecule has 0 aliphatic heterocycles. The largest absolute Gasteiger partial charge is 0.496 e. The molecule has 0 radical (unpaired) electrons. The summed E-state index contributed by atoms with van der Waals surface area (Å²) < 4.78 is 5.55. The summed E-state index contributed by atoms with van der Waals surface area (Å²) in [6.45, 7) is 6.03. The monoisotopic (exact) mass is 272 g/mol. The summed E-state index contributed by atoms with van der Waals surface area (Å²) in [6, 6.07) is 6.20. The third-order valence-corrected chi connectivity index (χ3v) is 4.63. The lowest BCUT2D eigenvalue weighted by Crippen LogP contribution is -2.35. The van der Waals surface area contributed by atoms with Crippen molar-refractivity contribution in [1.29, 1.82) is 0 Å². The van der Waals surface area contributed by atoms with E-state index in [9.17, 15) is 4.79 Å². The van der Waals surface area contributed by atoms with Crippen molar-refractivity contribution in [3.63, 3.8) is 0 Å². The summed E-state index contributed by atoms with van der Waals surface area (Å²) >= 11 is 0. The van der Waals surface area contributed by atoms with Gasteiger partial charge in [-0.2, -0.15) is 0 Å². The molecule has 0 fully saturated rings. The van der Waals surface area contributed by atoms with Crippen molar-refractivity contribution in [2.45, 2.75) is 44.9 Å². The Morgan fingerprint density at radius 1 is 1.50 bits per heavy atom. The molecule has 0 amide bonds. The van der Waals surface area contributed by atoms with Crippen molar-refractivity contribution in [1.82, 2.24) is 0 Å². The Morgan fingerprint density at radius 2 is 2.30 bits per heavy atom. The van der Waals surface area contributed by atoms with Gasteiger partial charge in [-0.25, -0.2) is 0 Å². The smallest absolute Gasteiger partial charge is 0.126 e. The number of ether oxygens (including phenoxy) is 1. The van der Waals surface area contributed by atoms with Gasteiger partial charge in [0.2, 0.25) is 0 Å². The molecule has 0 N–H and O–H groups in total. The summed E-state index contributed by atoms with van der Waals surface area (Å²) in [4.78, 5) is 11.9. The molecule has 2 heteroatoms. The third kappa shape index (κ3) is 2.39. The second-order valence-corrected chi connectivity index (χ2v) is 5.71. The van der Waals surface area contributed by atoms with E-state index >= 15 is 0 Å². The molecule has 2 nitrogen and oxygen atoms in total. The van der Waals surface area contributed by atoms with Crippen LogP contribution in [0, 0.1) is 5.41 Å². The lowest BCUT2D eigenvalue weighted by molar-refractivity contribution is -0.118. The lowest BCUT2D eigenvalue weighted by Gasteiger charge is -2.41. The van der Waals surface area contributed by atoms with Crippen LogP contribution in [0.25, 0.3) is 0 Å². The Morgan fingerprint density at radius 3 is 2.90 bits per heavy atom. The van der Waals surface area contributed by atoms with Gasteiger partial charge in [-0.15, -0.1) is 6.58 Å². The van der Waals surface area contributed by atoms with Crippen LogP contribution in [-0.4, -0.2) is 13.4 Å². The first-order valence-corrected chi connectivity index (χ1v) is 7.45. The van der Waals surface area contributed by atoms with E-state index in [1.54, 1.807) is 7.11 Å². The summed E-state index contributed by atoms with van der Waals surface area (Å²) in [7, 11) is 1.71. The number of hydrogen-bond donors (Lipinski definition) is 0. The van der Waals surface area contributed by atoms with Crippen molar-refractivity contribution in [2.24, 2.45) is 5.41 Å². The topological polar surface area (TPSA) is 26.3 Å². The number of carbonyl (C=O) groups excluding carboxylic acids is 1. The molecule has 20 heavy (non-hydrogen) atoms. The molecule has 0 heterocycles. The molecule has 1 aliphatic carbocycles. The SMILES string of the molecule is C=CC[C@@H]1c2c(cccc2OC)CC[C@]1(C=O)CCC. The van der Waals surface area contributed by atoms with Gasteiger partial charge in [0.05, 0.1) is 7.11 Å². The number of allylic oxidation sites excluding steroid dienone is 1. The zero-order valence-corrected chi connectivity index (χ0v) is 12.5. The average Bonchev–Trinajstić information content (AvgIpc) is 2.49. The van der Waals surface area contributed by atoms with Gasteiger partial charge in [0.25, 0.3) is 0 Å². The van der Waals surface area contributed by atoms with Gasteiger partial charge in [0, 0.05) is 16.9 Å². The Labute approximate surface area is 121 Å². The molecule has 2 atom stereocenters. The lowest BCUT2D eigenvalue weighted by atomic mass is 9.61. The molecule has 0 aromatic heterocycles. The van der Waals surface area contributed by atoms with E-state index in [2.05, 4.69) is 19.6 Å². The van der Waals surface area contributed by atoms with Crippen LogP contribution in [-0.2, 0) is 11.2 Å². The fourth-order valence-corrected chi connectivity index (χ4v) is 3.69. The van der Waals surface area contributed by atoms with Crippen molar-refractivity contribution in [3.05, 3.63) is 42.0 Å². The first-order chi connectivity index (χ1) is 9.72. The van der Waals surface area contributed by atoms with Crippen LogP contribution < -0.4 is 4.74 Å². The maximum atomic E-state index is 11.9. The Hall–Kier alpha value is -1.57. The van der Waals surface area contributed by atoms with E-state index in [4.69, 9.17) is 4.74 Å². The molecule has 0 saturated carbocycles. The molecule has 0 unspecified atom stereocenters. The predicted molar refractivity (Wildman–Crippen MR) is 82.3 cm³/mol. The molecule has 1 aromatic rings. The van der Waals surface area contributed by atoms with Crippen molar-refractivity contribution in [3.8, 4) is 5.75 Å². The Kier molecular flexibility index (Phi) is 4.64. The molecule has 108 valence electrons. The Bertz CT molecular complexity index is 478. The van der Waals surface area contributed by atoms with E-state index in [0.717, 1.165) is 37.9 Å². The highest BCUT2D eigenvalue weighted by Gasteiger charge is 2.43. The van der Waals surface area contributed by atoms with E-state index in [1.807, 2.05) is 18.2 Å². The minimum absolute atomic E-state index is 0.192. The zero-order chi connectivity index (χ0) is 14.6. The van der Waals surface area contributed by atoms with Crippen molar-refractivity contribution in [2.75, 3.05) is 7.11 Å². The standard InChI is InChI=1S/C18H24O2/c1-4-7-15-17-14(8-6-9-16(17)20-3)10-12-18(15,13-19)11-5-2/h4,6,8-9,13,15H,1,5,7,10-12H2,2-3H3/t15-,18+/m1/s1. The number of carbonyl (C=O) groups is 1. The van der Waals surface area contributed by atoms with E-state index in [-0.39, 0.29) is 11.3 Å². The van der Waals surface area contributed by atoms with Crippen LogP contribution in [0.1, 0.15) is 49.7 Å². The second kappa shape index (κ2) is 6.25. The first-order valence-electron chi connectivity index (χ1n) is 7.45. The summed E-state index contributed by atoms with van der Waals surface area (Å²) in [5.41, 5.74) is 2.29. The minimum Gasteiger partial charge on any atom is -0.496 e. The number of aryl methyl sites for hydroxylation is 1. The van der Waals surface area contributed by atoms with Crippen LogP contribution in [0.4, 0.5) is 0 Å². The van der Waals surface area contributed by atoms with Gasteiger partial charge in [0.15, 0.2) is 0 Å². The Balaban J connectivity index is 2.56. The van der Waals surface area contributed by atoms with Gasteiger partial charge in [-0.3, -0.25) is 0 Å². The molecule has 0 bridgehead atoms. The van der Waals surface area contributed by atoms with Gasteiger partial charge in [-0.1, -0.05) is 31.6 Å². The molecule has 1 aromatic carbocycles. The number of rotatable bonds is 6. The van der Waals surface area contributed by atoms with Crippen LogP contribution in [0.3, 0.4) is 0 Å². The summed E-state index contributed by atoms with van der Waals surface area (Å²) in [5, 5.41) is 0. The fraction of sp³-hybridized carbons (Fsp3) is 0.500. The predicted octanol–water partition coefficient (Wildman–Crippen LogP) is 4.29. The molecule has 2 rings (SSSR count). The third-order valence-electron chi connectivity index (χ3n) is 4.63. The number of methoxy groups -OCH3 is 1. The molecular weight excluding hydrogens is 248 g/mol. The number of aldehydes is 1. The summed E-state index contributed by atoms with van der Waals surface area (Å²) in [6.07, 6.45) is 7.80. The highest BCUT2D eigenvalue weighted by molar-refractivity contribution is 5.65. The van der Waals surface area contributed by atoms with Crippen molar-refractivity contribution < 1.29 is 9.53 Å². The van der Waals surface area contributed by atoms with Crippen molar-refractivity contribution >= 4 is 6.29 Å². The van der Waals surface area contributed by atoms with E-state index < -0.39 is 0 Å². The summed E-state index contributed by atoms with van der Waals surface area (Å²) in [5.74, 6) is 1.11. The van der Waals surface area contributed by atoms with E-state index in [1.165, 1.54) is 17.4 Å². The van der Waals surface area contributed by atoms with Crippen LogP contribution in [0.2, 0.25) is 0 Å². The van der Waals surface area contributed by atoms with Crippen LogP contribution in [0.15, 0.2) is 30.9 Å². The maximum Gasteiger partial charge on any atom is 0.126 e. The van der Waals surface area contributed by atoms with Gasteiger partial charge in [0.1, 0.15) is 12.0 Å². The molecule has 0 saturated heterocycles. The number of fused-ring (bicyclic) bond motifs is 1. The highest BCUT2D eigenvalue weighted by atomic mass is 16.5. The van der Waals surface area contributed by atoms with Crippen LogP contribution >= 0.6 is 0 Å². The van der Waals surface area contributed by atoms with Gasteiger partial charge < -0.3 is 9.53 Å². The molecular formula is C18H24O2. The van der Waals surface area contributed by atoms with Crippen LogP contribution in [0.5, 0.6) is 5.75 Å². The quantitative estimate of drug-likeness (QED) is 0.570. The number of benzene rings is 1. The maximum absolute atomic E-state index is 11.9. The number of hydrogen-bond acceptors (Lipinski definition) is 2.